The maximum atomic E-state index is 11.7. The molecule has 0 saturated carbocycles. The van der Waals surface area contributed by atoms with Crippen molar-refractivity contribution in [2.24, 2.45) is 0 Å². The smallest absolute Gasteiger partial charge is 0.248 e. The SMILES string of the molecule is O=C(/C=C/c1cccs1)Nc1cccc(Cl)c1Cl. The zero-order valence-corrected chi connectivity index (χ0v) is 11.5. The molecule has 18 heavy (non-hydrogen) atoms. The first-order valence-corrected chi connectivity index (χ1v) is 6.77. The first-order valence-electron chi connectivity index (χ1n) is 5.13. The minimum absolute atomic E-state index is 0.243. The Morgan fingerprint density at radius 2 is 2.06 bits per heavy atom. The summed E-state index contributed by atoms with van der Waals surface area (Å²) in [5.41, 5.74) is 0.505. The molecule has 0 unspecified atom stereocenters. The molecule has 0 aliphatic heterocycles. The lowest BCUT2D eigenvalue weighted by atomic mass is 10.3. The van der Waals surface area contributed by atoms with Crippen LogP contribution in [0.25, 0.3) is 6.08 Å². The Kier molecular flexibility index (Phi) is 4.42. The summed E-state index contributed by atoms with van der Waals surface area (Å²) in [6.45, 7) is 0. The molecule has 92 valence electrons. The molecule has 5 heteroatoms. The van der Waals surface area contributed by atoms with Gasteiger partial charge in [-0.2, -0.15) is 0 Å². The molecule has 1 heterocycles. The zero-order chi connectivity index (χ0) is 13.0. The molecule has 2 aromatic rings. The van der Waals surface area contributed by atoms with Gasteiger partial charge in [0.2, 0.25) is 5.91 Å². The zero-order valence-electron chi connectivity index (χ0n) is 9.19. The number of hydrogen-bond acceptors (Lipinski definition) is 2. The number of thiophene rings is 1. The molecule has 1 amide bonds. The monoisotopic (exact) mass is 297 g/mol. The molecular formula is C13H9Cl2NOS. The van der Waals surface area contributed by atoms with Gasteiger partial charge >= 0.3 is 0 Å². The van der Waals surface area contributed by atoms with Gasteiger partial charge < -0.3 is 5.32 Å². The second-order valence-corrected chi connectivity index (χ2v) is 5.20. The third kappa shape index (κ3) is 3.35. The Morgan fingerprint density at radius 1 is 1.22 bits per heavy atom. The van der Waals surface area contributed by atoms with Gasteiger partial charge in [-0.15, -0.1) is 11.3 Å². The van der Waals surface area contributed by atoms with Gasteiger partial charge in [0.25, 0.3) is 0 Å². The molecule has 0 aliphatic rings. The summed E-state index contributed by atoms with van der Waals surface area (Å²) in [6.07, 6.45) is 3.21. The molecule has 2 nitrogen and oxygen atoms in total. The number of rotatable bonds is 3. The predicted molar refractivity (Wildman–Crippen MR) is 78.4 cm³/mol. The number of hydrogen-bond donors (Lipinski definition) is 1. The van der Waals surface area contributed by atoms with Gasteiger partial charge in [0.1, 0.15) is 0 Å². The van der Waals surface area contributed by atoms with Crippen molar-refractivity contribution >= 4 is 52.2 Å². The Labute approximate surface area is 119 Å². The van der Waals surface area contributed by atoms with Crippen molar-refractivity contribution in [3.8, 4) is 0 Å². The molecule has 1 aromatic heterocycles. The fourth-order valence-electron chi connectivity index (χ4n) is 1.32. The van der Waals surface area contributed by atoms with E-state index in [0.717, 1.165) is 4.88 Å². The van der Waals surface area contributed by atoms with E-state index in [2.05, 4.69) is 5.32 Å². The molecule has 0 saturated heterocycles. The number of carbonyl (C=O) groups is 1. The second kappa shape index (κ2) is 6.05. The summed E-state index contributed by atoms with van der Waals surface area (Å²) in [7, 11) is 0. The predicted octanol–water partition coefficient (Wildman–Crippen LogP) is 4.71. The van der Waals surface area contributed by atoms with Crippen LogP contribution < -0.4 is 5.32 Å². The molecule has 0 bridgehead atoms. The van der Waals surface area contributed by atoms with E-state index in [1.165, 1.54) is 6.08 Å². The standard InChI is InChI=1S/C13H9Cl2NOS/c14-10-4-1-5-11(13(10)15)16-12(17)7-6-9-3-2-8-18-9/h1-8H,(H,16,17)/b7-6+. The van der Waals surface area contributed by atoms with Gasteiger partial charge in [-0.1, -0.05) is 35.3 Å². The van der Waals surface area contributed by atoms with Crippen molar-refractivity contribution in [3.63, 3.8) is 0 Å². The van der Waals surface area contributed by atoms with Crippen LogP contribution in [-0.4, -0.2) is 5.91 Å². The van der Waals surface area contributed by atoms with Gasteiger partial charge in [0.05, 0.1) is 15.7 Å². The molecule has 0 radical (unpaired) electrons. The second-order valence-electron chi connectivity index (χ2n) is 3.44. The average Bonchev–Trinajstić information content (AvgIpc) is 2.86. The van der Waals surface area contributed by atoms with E-state index in [0.29, 0.717) is 15.7 Å². The lowest BCUT2D eigenvalue weighted by Crippen LogP contribution is -2.08. The van der Waals surface area contributed by atoms with Gasteiger partial charge in [-0.05, 0) is 29.7 Å². The van der Waals surface area contributed by atoms with E-state index in [4.69, 9.17) is 23.2 Å². The Hall–Kier alpha value is -1.29. The third-order valence-electron chi connectivity index (χ3n) is 2.15. The quantitative estimate of drug-likeness (QED) is 0.817. The summed E-state index contributed by atoms with van der Waals surface area (Å²) >= 11 is 13.4. The van der Waals surface area contributed by atoms with E-state index in [9.17, 15) is 4.79 Å². The first-order chi connectivity index (χ1) is 8.66. The van der Waals surface area contributed by atoms with E-state index >= 15 is 0 Å². The lowest BCUT2D eigenvalue weighted by molar-refractivity contribution is -0.111. The van der Waals surface area contributed by atoms with Gasteiger partial charge in [-0.25, -0.2) is 0 Å². The topological polar surface area (TPSA) is 29.1 Å². The molecular weight excluding hydrogens is 289 g/mol. The van der Waals surface area contributed by atoms with Crippen molar-refractivity contribution in [1.29, 1.82) is 0 Å². The molecule has 0 spiro atoms. The lowest BCUT2D eigenvalue weighted by Gasteiger charge is -2.05. The van der Waals surface area contributed by atoms with Crippen molar-refractivity contribution in [1.82, 2.24) is 0 Å². The third-order valence-corrected chi connectivity index (χ3v) is 3.81. The highest BCUT2D eigenvalue weighted by molar-refractivity contribution is 7.10. The molecule has 1 N–H and O–H groups in total. The van der Waals surface area contributed by atoms with Crippen LogP contribution in [-0.2, 0) is 4.79 Å². The van der Waals surface area contributed by atoms with Gasteiger partial charge in [0, 0.05) is 11.0 Å². The molecule has 0 aliphatic carbocycles. The highest BCUT2D eigenvalue weighted by Crippen LogP contribution is 2.29. The molecule has 1 aromatic carbocycles. The number of nitrogens with one attached hydrogen (secondary N) is 1. The number of benzene rings is 1. The van der Waals surface area contributed by atoms with Crippen LogP contribution in [0.3, 0.4) is 0 Å². The highest BCUT2D eigenvalue weighted by atomic mass is 35.5. The summed E-state index contributed by atoms with van der Waals surface area (Å²) in [4.78, 5) is 12.7. The van der Waals surface area contributed by atoms with Crippen LogP contribution in [0.15, 0.2) is 41.8 Å². The Morgan fingerprint density at radius 3 is 2.78 bits per heavy atom. The summed E-state index contributed by atoms with van der Waals surface area (Å²) < 4.78 is 0. The molecule has 0 atom stereocenters. The van der Waals surface area contributed by atoms with Crippen LogP contribution >= 0.6 is 34.5 Å². The number of amides is 1. The molecule has 2 rings (SSSR count). The van der Waals surface area contributed by atoms with Crippen LogP contribution in [0.4, 0.5) is 5.69 Å². The fourth-order valence-corrected chi connectivity index (χ4v) is 2.28. The fraction of sp³-hybridized carbons (Fsp3) is 0. The normalized spacial score (nSPS) is 10.8. The van der Waals surface area contributed by atoms with Crippen LogP contribution in [0.1, 0.15) is 4.88 Å². The average molecular weight is 298 g/mol. The maximum absolute atomic E-state index is 11.7. The van der Waals surface area contributed by atoms with E-state index < -0.39 is 0 Å². The minimum atomic E-state index is -0.243. The Bertz CT molecular complexity index is 579. The van der Waals surface area contributed by atoms with Crippen molar-refractivity contribution in [2.45, 2.75) is 0 Å². The van der Waals surface area contributed by atoms with Crippen LogP contribution in [0.2, 0.25) is 10.0 Å². The van der Waals surface area contributed by atoms with Gasteiger partial charge in [0.15, 0.2) is 0 Å². The number of anilines is 1. The first kappa shape index (κ1) is 13.1. The Balaban J connectivity index is 2.05. The number of carbonyl (C=O) groups excluding carboxylic acids is 1. The van der Waals surface area contributed by atoms with Crippen molar-refractivity contribution in [2.75, 3.05) is 5.32 Å². The largest absolute Gasteiger partial charge is 0.321 e. The maximum Gasteiger partial charge on any atom is 0.248 e. The minimum Gasteiger partial charge on any atom is -0.321 e. The molecule has 0 fully saturated rings. The number of halogens is 2. The summed E-state index contributed by atoms with van der Waals surface area (Å²) in [5, 5.41) is 5.38. The summed E-state index contributed by atoms with van der Waals surface area (Å²) in [5.74, 6) is -0.243. The van der Waals surface area contributed by atoms with Crippen molar-refractivity contribution in [3.05, 3.63) is 56.7 Å². The van der Waals surface area contributed by atoms with Crippen molar-refractivity contribution < 1.29 is 4.79 Å². The summed E-state index contributed by atoms with van der Waals surface area (Å²) in [6, 6.07) is 8.95. The van der Waals surface area contributed by atoms with Crippen LogP contribution in [0.5, 0.6) is 0 Å². The van der Waals surface area contributed by atoms with E-state index in [1.807, 2.05) is 17.5 Å². The van der Waals surface area contributed by atoms with Gasteiger partial charge in [-0.3, -0.25) is 4.79 Å². The van der Waals surface area contributed by atoms with Crippen LogP contribution in [0, 0.1) is 0 Å². The van der Waals surface area contributed by atoms with E-state index in [1.54, 1.807) is 35.6 Å². The van der Waals surface area contributed by atoms with E-state index in [-0.39, 0.29) is 5.91 Å². The highest BCUT2D eigenvalue weighted by Gasteiger charge is 2.05.